The molecule has 3 heteroatoms. The molecule has 0 spiro atoms. The van der Waals surface area contributed by atoms with Crippen molar-refractivity contribution in [1.82, 2.24) is 4.90 Å². The minimum Gasteiger partial charge on any atom is -0.342 e. The number of hydrogen-bond donors (Lipinski definition) is 0. The van der Waals surface area contributed by atoms with Gasteiger partial charge in [0, 0.05) is 24.9 Å². The van der Waals surface area contributed by atoms with Gasteiger partial charge in [0.05, 0.1) is 0 Å². The second-order valence-corrected chi connectivity index (χ2v) is 4.18. The Hall–Kier alpha value is -0.240. The molecule has 1 aliphatic rings. The maximum atomic E-state index is 11.7. The van der Waals surface area contributed by atoms with Gasteiger partial charge in [-0.05, 0) is 25.7 Å². The molecule has 0 N–H and O–H groups in total. The van der Waals surface area contributed by atoms with Gasteiger partial charge in [0.1, 0.15) is 0 Å². The molecule has 0 aromatic heterocycles. The fourth-order valence-corrected chi connectivity index (χ4v) is 1.50. The number of rotatable bonds is 5. The monoisotopic (exact) mass is 203 g/mol. The van der Waals surface area contributed by atoms with E-state index in [1.807, 2.05) is 18.7 Å². The number of halogens is 1. The fourth-order valence-electron chi connectivity index (χ4n) is 1.36. The highest BCUT2D eigenvalue weighted by atomic mass is 35.5. The predicted octanol–water partition coefficient (Wildman–Crippen LogP) is 2.12. The Bertz CT molecular complexity index is 180. The van der Waals surface area contributed by atoms with Gasteiger partial charge < -0.3 is 4.90 Å². The Morgan fingerprint density at radius 2 is 2.23 bits per heavy atom. The van der Waals surface area contributed by atoms with Crippen molar-refractivity contribution in [2.75, 3.05) is 19.0 Å². The molecule has 2 nitrogen and oxygen atoms in total. The summed E-state index contributed by atoms with van der Waals surface area (Å²) in [6, 6.07) is 0. The summed E-state index contributed by atoms with van der Waals surface area (Å²) in [4.78, 5) is 13.6. The molecule has 1 atom stereocenters. The Morgan fingerprint density at radius 1 is 1.62 bits per heavy atom. The van der Waals surface area contributed by atoms with Crippen LogP contribution in [-0.4, -0.2) is 29.8 Å². The molecule has 0 radical (unpaired) electrons. The van der Waals surface area contributed by atoms with Gasteiger partial charge in [-0.1, -0.05) is 6.92 Å². The summed E-state index contributed by atoms with van der Waals surface area (Å²) >= 11 is 5.65. The van der Waals surface area contributed by atoms with Crippen LogP contribution in [-0.2, 0) is 4.79 Å². The zero-order valence-corrected chi connectivity index (χ0v) is 9.18. The zero-order chi connectivity index (χ0) is 9.84. The van der Waals surface area contributed by atoms with E-state index in [4.69, 9.17) is 11.6 Å². The number of nitrogens with zero attached hydrogens (tertiary/aromatic N) is 1. The summed E-state index contributed by atoms with van der Waals surface area (Å²) in [5, 5.41) is 0. The summed E-state index contributed by atoms with van der Waals surface area (Å²) in [7, 11) is 0. The van der Waals surface area contributed by atoms with Crippen LogP contribution in [0.1, 0.15) is 26.7 Å². The van der Waals surface area contributed by atoms with Crippen LogP contribution in [0.2, 0.25) is 0 Å². The zero-order valence-electron chi connectivity index (χ0n) is 8.42. The first kappa shape index (κ1) is 10.8. The number of alkyl halides is 1. The van der Waals surface area contributed by atoms with Crippen molar-refractivity contribution >= 4 is 17.5 Å². The Kier molecular flexibility index (Phi) is 4.04. The first-order chi connectivity index (χ1) is 6.19. The molecule has 0 aliphatic heterocycles. The minimum atomic E-state index is -0.0274. The summed E-state index contributed by atoms with van der Waals surface area (Å²) in [6.45, 7) is 5.68. The number of carbonyl (C=O) groups is 1. The lowest BCUT2D eigenvalue weighted by Crippen LogP contribution is -2.37. The van der Waals surface area contributed by atoms with E-state index in [0.717, 1.165) is 19.0 Å². The molecule has 1 fully saturated rings. The molecular weight excluding hydrogens is 186 g/mol. The second kappa shape index (κ2) is 4.85. The number of carbonyl (C=O) groups excluding carboxylic acids is 1. The highest BCUT2D eigenvalue weighted by Crippen LogP contribution is 2.30. The quantitative estimate of drug-likeness (QED) is 0.627. The third-order valence-electron chi connectivity index (χ3n) is 2.52. The minimum absolute atomic E-state index is 0.0274. The maximum absolute atomic E-state index is 11.7. The van der Waals surface area contributed by atoms with Crippen LogP contribution >= 0.6 is 11.6 Å². The predicted molar refractivity (Wildman–Crippen MR) is 54.9 cm³/mol. The van der Waals surface area contributed by atoms with Crippen molar-refractivity contribution in [3.63, 3.8) is 0 Å². The smallest absolute Gasteiger partial charge is 0.226 e. The topological polar surface area (TPSA) is 20.3 Å². The molecule has 0 heterocycles. The molecule has 13 heavy (non-hydrogen) atoms. The highest BCUT2D eigenvalue weighted by molar-refractivity contribution is 6.19. The van der Waals surface area contributed by atoms with E-state index >= 15 is 0 Å². The molecule has 1 aliphatic carbocycles. The van der Waals surface area contributed by atoms with Crippen molar-refractivity contribution in [3.05, 3.63) is 0 Å². The lowest BCUT2D eigenvalue weighted by atomic mass is 10.2. The molecular formula is C10H18ClNO. The average molecular weight is 204 g/mol. The first-order valence-electron chi connectivity index (χ1n) is 5.03. The van der Waals surface area contributed by atoms with Crippen molar-refractivity contribution in [2.24, 2.45) is 11.8 Å². The van der Waals surface area contributed by atoms with E-state index in [9.17, 15) is 4.79 Å². The van der Waals surface area contributed by atoms with E-state index < -0.39 is 0 Å². The van der Waals surface area contributed by atoms with Gasteiger partial charge in [0.2, 0.25) is 5.91 Å². The van der Waals surface area contributed by atoms with Crippen molar-refractivity contribution in [3.8, 4) is 0 Å². The normalized spacial score (nSPS) is 18.4. The van der Waals surface area contributed by atoms with Crippen molar-refractivity contribution in [1.29, 1.82) is 0 Å². The van der Waals surface area contributed by atoms with Crippen LogP contribution < -0.4 is 0 Å². The van der Waals surface area contributed by atoms with Crippen molar-refractivity contribution < 1.29 is 4.79 Å². The molecule has 1 rings (SSSR count). The van der Waals surface area contributed by atoms with Crippen LogP contribution in [0.15, 0.2) is 0 Å². The highest BCUT2D eigenvalue weighted by Gasteiger charge is 2.27. The second-order valence-electron chi connectivity index (χ2n) is 3.88. The SMILES string of the molecule is CCN(CC1CC1)C(=O)C(C)CCl. The lowest BCUT2D eigenvalue weighted by Gasteiger charge is -2.23. The van der Waals surface area contributed by atoms with E-state index in [1.54, 1.807) is 0 Å². The van der Waals surface area contributed by atoms with Gasteiger partial charge >= 0.3 is 0 Å². The summed E-state index contributed by atoms with van der Waals surface area (Å²) in [5.74, 6) is 1.39. The van der Waals surface area contributed by atoms with Crippen LogP contribution in [0.4, 0.5) is 0 Å². The maximum Gasteiger partial charge on any atom is 0.226 e. The van der Waals surface area contributed by atoms with E-state index in [1.165, 1.54) is 12.8 Å². The largest absolute Gasteiger partial charge is 0.342 e. The van der Waals surface area contributed by atoms with Crippen LogP contribution in [0.5, 0.6) is 0 Å². The molecule has 0 aromatic carbocycles. The van der Waals surface area contributed by atoms with E-state index in [2.05, 4.69) is 0 Å². The molecule has 1 unspecified atom stereocenters. The van der Waals surface area contributed by atoms with Gasteiger partial charge in [-0.3, -0.25) is 4.79 Å². The Morgan fingerprint density at radius 3 is 2.62 bits per heavy atom. The standard InChI is InChI=1S/C10H18ClNO/c1-3-12(7-9-4-5-9)10(13)8(2)6-11/h8-9H,3-7H2,1-2H3. The fraction of sp³-hybridized carbons (Fsp3) is 0.900. The summed E-state index contributed by atoms with van der Waals surface area (Å²) in [6.07, 6.45) is 2.58. The number of hydrogen-bond acceptors (Lipinski definition) is 1. The van der Waals surface area contributed by atoms with Crippen LogP contribution in [0.25, 0.3) is 0 Å². The van der Waals surface area contributed by atoms with Gasteiger partial charge in [0.25, 0.3) is 0 Å². The van der Waals surface area contributed by atoms with Crippen LogP contribution in [0.3, 0.4) is 0 Å². The molecule has 1 saturated carbocycles. The third kappa shape index (κ3) is 3.18. The first-order valence-corrected chi connectivity index (χ1v) is 5.57. The molecule has 0 bridgehead atoms. The summed E-state index contributed by atoms with van der Waals surface area (Å²) in [5.41, 5.74) is 0. The average Bonchev–Trinajstić information content (AvgIpc) is 2.95. The van der Waals surface area contributed by atoms with E-state index in [-0.39, 0.29) is 11.8 Å². The molecule has 0 aromatic rings. The van der Waals surface area contributed by atoms with Gasteiger partial charge in [-0.15, -0.1) is 11.6 Å². The molecule has 76 valence electrons. The van der Waals surface area contributed by atoms with E-state index in [0.29, 0.717) is 5.88 Å². The van der Waals surface area contributed by atoms with Crippen molar-refractivity contribution in [2.45, 2.75) is 26.7 Å². The molecule has 1 amide bonds. The summed E-state index contributed by atoms with van der Waals surface area (Å²) < 4.78 is 0. The number of amides is 1. The van der Waals surface area contributed by atoms with Crippen LogP contribution in [0, 0.1) is 11.8 Å². The Labute approximate surface area is 85.2 Å². The molecule has 0 saturated heterocycles. The Balaban J connectivity index is 2.38. The van der Waals surface area contributed by atoms with Gasteiger partial charge in [-0.25, -0.2) is 0 Å². The van der Waals surface area contributed by atoms with Gasteiger partial charge in [-0.2, -0.15) is 0 Å². The third-order valence-corrected chi connectivity index (χ3v) is 2.98. The lowest BCUT2D eigenvalue weighted by molar-refractivity contribution is -0.134. The van der Waals surface area contributed by atoms with Gasteiger partial charge in [0.15, 0.2) is 0 Å².